The standard InChI is InChI=1S/C7H9OP/c1-5(8)6-2-3-7(9)4-6/h2-3H,4,9H2,1H3. The van der Waals surface area contributed by atoms with Gasteiger partial charge in [0.15, 0.2) is 5.78 Å². The van der Waals surface area contributed by atoms with Gasteiger partial charge in [0, 0.05) is 6.42 Å². The molecule has 1 aliphatic rings. The molecule has 0 fully saturated rings. The Balaban J connectivity index is 2.64. The lowest BCUT2D eigenvalue weighted by Gasteiger charge is -1.92. The normalized spacial score (nSPS) is 17.1. The molecule has 0 amide bonds. The van der Waals surface area contributed by atoms with Crippen LogP contribution in [0.25, 0.3) is 0 Å². The topological polar surface area (TPSA) is 17.1 Å². The maximum absolute atomic E-state index is 10.7. The third kappa shape index (κ3) is 1.49. The van der Waals surface area contributed by atoms with Crippen LogP contribution in [-0.4, -0.2) is 5.78 Å². The average Bonchev–Trinajstić information content (AvgIpc) is 2.14. The largest absolute Gasteiger partial charge is 0.295 e. The highest BCUT2D eigenvalue weighted by molar-refractivity contribution is 7.22. The van der Waals surface area contributed by atoms with Crippen molar-refractivity contribution < 1.29 is 4.79 Å². The van der Waals surface area contributed by atoms with Gasteiger partial charge in [0.25, 0.3) is 0 Å². The number of carbonyl (C=O) groups excluding carboxylic acids is 1. The Labute approximate surface area is 57.0 Å². The van der Waals surface area contributed by atoms with Crippen LogP contribution in [0, 0.1) is 0 Å². The third-order valence-corrected chi connectivity index (χ3v) is 1.74. The number of allylic oxidation sites excluding steroid dienone is 4. The molecule has 2 heteroatoms. The first kappa shape index (κ1) is 6.70. The van der Waals surface area contributed by atoms with Gasteiger partial charge in [-0.25, -0.2) is 0 Å². The molecule has 9 heavy (non-hydrogen) atoms. The number of ketones is 1. The first-order valence-corrected chi connectivity index (χ1v) is 3.44. The zero-order chi connectivity index (χ0) is 6.85. The predicted molar refractivity (Wildman–Crippen MR) is 41.2 cm³/mol. The van der Waals surface area contributed by atoms with Crippen LogP contribution in [0.15, 0.2) is 23.0 Å². The Morgan fingerprint density at radius 2 is 2.33 bits per heavy atom. The molecule has 0 aromatic rings. The van der Waals surface area contributed by atoms with Crippen molar-refractivity contribution in [2.75, 3.05) is 0 Å². The van der Waals surface area contributed by atoms with Crippen molar-refractivity contribution in [3.8, 4) is 0 Å². The molecular weight excluding hydrogens is 131 g/mol. The first-order valence-electron chi connectivity index (χ1n) is 2.86. The molecule has 0 aromatic carbocycles. The van der Waals surface area contributed by atoms with Crippen LogP contribution >= 0.6 is 9.24 Å². The third-order valence-electron chi connectivity index (χ3n) is 1.35. The van der Waals surface area contributed by atoms with Gasteiger partial charge in [0.05, 0.1) is 0 Å². The van der Waals surface area contributed by atoms with Crippen molar-refractivity contribution in [2.24, 2.45) is 0 Å². The van der Waals surface area contributed by atoms with Gasteiger partial charge in [-0.2, -0.15) is 0 Å². The van der Waals surface area contributed by atoms with Crippen LogP contribution in [0.3, 0.4) is 0 Å². The van der Waals surface area contributed by atoms with Crippen LogP contribution in [0.1, 0.15) is 13.3 Å². The SMILES string of the molecule is CC(=O)C1=CC=C(P)C1. The summed E-state index contributed by atoms with van der Waals surface area (Å²) in [6, 6.07) is 0. The quantitative estimate of drug-likeness (QED) is 0.506. The van der Waals surface area contributed by atoms with E-state index >= 15 is 0 Å². The lowest BCUT2D eigenvalue weighted by atomic mass is 10.2. The molecule has 0 saturated carbocycles. The summed E-state index contributed by atoms with van der Waals surface area (Å²) in [5.41, 5.74) is 0.917. The Bertz CT molecular complexity index is 201. The monoisotopic (exact) mass is 140 g/mol. The molecular formula is C7H9OP. The molecule has 0 bridgehead atoms. The summed E-state index contributed by atoms with van der Waals surface area (Å²) in [6.07, 6.45) is 4.66. The summed E-state index contributed by atoms with van der Waals surface area (Å²) >= 11 is 0. The van der Waals surface area contributed by atoms with Gasteiger partial charge in [-0.1, -0.05) is 12.2 Å². The smallest absolute Gasteiger partial charge is 0.156 e. The summed E-state index contributed by atoms with van der Waals surface area (Å²) in [4.78, 5) is 10.7. The second kappa shape index (κ2) is 2.45. The molecule has 1 rings (SSSR count). The zero-order valence-corrected chi connectivity index (χ0v) is 6.50. The fraction of sp³-hybridized carbons (Fsp3) is 0.286. The average molecular weight is 140 g/mol. The van der Waals surface area contributed by atoms with Gasteiger partial charge in [-0.05, 0) is 17.8 Å². The molecule has 48 valence electrons. The van der Waals surface area contributed by atoms with Gasteiger partial charge < -0.3 is 0 Å². The minimum Gasteiger partial charge on any atom is -0.295 e. The molecule has 0 heterocycles. The number of hydrogen-bond donors (Lipinski definition) is 0. The molecule has 1 nitrogen and oxygen atoms in total. The van der Waals surface area contributed by atoms with Crippen molar-refractivity contribution in [3.63, 3.8) is 0 Å². The van der Waals surface area contributed by atoms with E-state index in [1.54, 1.807) is 6.92 Å². The van der Waals surface area contributed by atoms with E-state index in [4.69, 9.17) is 0 Å². The van der Waals surface area contributed by atoms with E-state index in [1.807, 2.05) is 12.2 Å². The van der Waals surface area contributed by atoms with Gasteiger partial charge in [-0.15, -0.1) is 9.24 Å². The number of carbonyl (C=O) groups is 1. The molecule has 1 atom stereocenters. The summed E-state index contributed by atoms with van der Waals surface area (Å²) in [7, 11) is 2.60. The number of hydrogen-bond acceptors (Lipinski definition) is 1. The van der Waals surface area contributed by atoms with E-state index in [0.717, 1.165) is 12.0 Å². The number of Topliss-reactive ketones (excluding diaryl/α,β-unsaturated/α-hetero) is 1. The highest BCUT2D eigenvalue weighted by atomic mass is 31.0. The van der Waals surface area contributed by atoms with E-state index < -0.39 is 0 Å². The predicted octanol–water partition coefficient (Wildman–Crippen LogP) is 1.66. The van der Waals surface area contributed by atoms with Crippen molar-refractivity contribution in [1.82, 2.24) is 0 Å². The molecule has 0 saturated heterocycles. The molecule has 0 aliphatic heterocycles. The van der Waals surface area contributed by atoms with Crippen molar-refractivity contribution in [2.45, 2.75) is 13.3 Å². The van der Waals surface area contributed by atoms with Crippen LogP contribution in [0.4, 0.5) is 0 Å². The fourth-order valence-electron chi connectivity index (χ4n) is 0.787. The second-order valence-corrected chi connectivity index (χ2v) is 2.91. The Kier molecular flexibility index (Phi) is 1.82. The number of rotatable bonds is 1. The first-order chi connectivity index (χ1) is 4.20. The van der Waals surface area contributed by atoms with Gasteiger partial charge in [0.1, 0.15) is 0 Å². The molecule has 0 N–H and O–H groups in total. The van der Waals surface area contributed by atoms with Gasteiger partial charge >= 0.3 is 0 Å². The van der Waals surface area contributed by atoms with Gasteiger partial charge in [0.2, 0.25) is 0 Å². The van der Waals surface area contributed by atoms with Crippen molar-refractivity contribution in [1.29, 1.82) is 0 Å². The lowest BCUT2D eigenvalue weighted by Crippen LogP contribution is -1.92. The highest BCUT2D eigenvalue weighted by Crippen LogP contribution is 2.23. The Morgan fingerprint density at radius 1 is 1.67 bits per heavy atom. The lowest BCUT2D eigenvalue weighted by molar-refractivity contribution is -0.113. The Hall–Kier alpha value is -0.420. The summed E-state index contributed by atoms with van der Waals surface area (Å²) in [5.74, 6) is 0.184. The molecule has 0 aromatic heterocycles. The van der Waals surface area contributed by atoms with Crippen molar-refractivity contribution in [3.05, 3.63) is 23.0 Å². The van der Waals surface area contributed by atoms with Gasteiger partial charge in [-0.3, -0.25) is 4.79 Å². The summed E-state index contributed by atoms with van der Waals surface area (Å²) in [6.45, 7) is 1.60. The molecule has 0 spiro atoms. The van der Waals surface area contributed by atoms with Crippen LogP contribution in [0.2, 0.25) is 0 Å². The molecule has 1 unspecified atom stereocenters. The minimum absolute atomic E-state index is 0.184. The minimum atomic E-state index is 0.184. The summed E-state index contributed by atoms with van der Waals surface area (Å²) in [5, 5.41) is 1.19. The maximum atomic E-state index is 10.7. The van der Waals surface area contributed by atoms with E-state index in [-0.39, 0.29) is 5.78 Å². The zero-order valence-electron chi connectivity index (χ0n) is 5.35. The Morgan fingerprint density at radius 3 is 2.56 bits per heavy atom. The summed E-state index contributed by atoms with van der Waals surface area (Å²) < 4.78 is 0. The van der Waals surface area contributed by atoms with E-state index in [0.29, 0.717) is 0 Å². The highest BCUT2D eigenvalue weighted by Gasteiger charge is 2.07. The van der Waals surface area contributed by atoms with Crippen molar-refractivity contribution >= 4 is 15.0 Å². The van der Waals surface area contributed by atoms with E-state index in [9.17, 15) is 4.79 Å². The van der Waals surface area contributed by atoms with E-state index in [2.05, 4.69) is 9.24 Å². The van der Waals surface area contributed by atoms with Crippen LogP contribution in [-0.2, 0) is 4.79 Å². The maximum Gasteiger partial charge on any atom is 0.156 e. The van der Waals surface area contributed by atoms with Crippen LogP contribution in [0.5, 0.6) is 0 Å². The molecule has 1 aliphatic carbocycles. The molecule has 0 radical (unpaired) electrons. The van der Waals surface area contributed by atoms with Crippen LogP contribution < -0.4 is 0 Å². The van der Waals surface area contributed by atoms with E-state index in [1.165, 1.54) is 5.31 Å². The fourth-order valence-corrected chi connectivity index (χ4v) is 1.10. The second-order valence-electron chi connectivity index (χ2n) is 2.17.